The summed E-state index contributed by atoms with van der Waals surface area (Å²) in [5.74, 6) is 0.459. The molecule has 1 aliphatic heterocycles. The molecule has 6 nitrogen and oxygen atoms in total. The van der Waals surface area contributed by atoms with Gasteiger partial charge in [-0.1, -0.05) is 12.5 Å². The smallest absolute Gasteiger partial charge is 0.258 e. The molecular formula is C14H18N2O4S. The Morgan fingerprint density at radius 2 is 1.95 bits per heavy atom. The van der Waals surface area contributed by atoms with Crippen LogP contribution in [0.15, 0.2) is 29.2 Å². The van der Waals surface area contributed by atoms with E-state index in [2.05, 4.69) is 0 Å². The van der Waals surface area contributed by atoms with Crippen molar-refractivity contribution in [3.8, 4) is 0 Å². The van der Waals surface area contributed by atoms with Gasteiger partial charge in [-0.15, -0.1) is 0 Å². The zero-order chi connectivity index (χ0) is 15.0. The van der Waals surface area contributed by atoms with Crippen molar-refractivity contribution in [3.05, 3.63) is 34.4 Å². The summed E-state index contributed by atoms with van der Waals surface area (Å²) in [4.78, 5) is 10.3. The topological polar surface area (TPSA) is 80.5 Å². The van der Waals surface area contributed by atoms with Gasteiger partial charge in [-0.2, -0.15) is 4.31 Å². The molecule has 2 fully saturated rings. The molecule has 114 valence electrons. The minimum absolute atomic E-state index is 0.0305. The largest absolute Gasteiger partial charge is 0.270 e. The van der Waals surface area contributed by atoms with E-state index in [0.717, 1.165) is 31.7 Å². The number of benzene rings is 1. The van der Waals surface area contributed by atoms with Gasteiger partial charge in [-0.05, 0) is 37.7 Å². The van der Waals surface area contributed by atoms with Crippen molar-refractivity contribution in [2.24, 2.45) is 5.92 Å². The van der Waals surface area contributed by atoms with Crippen LogP contribution >= 0.6 is 0 Å². The van der Waals surface area contributed by atoms with E-state index in [4.69, 9.17) is 0 Å². The van der Waals surface area contributed by atoms with E-state index in [0.29, 0.717) is 12.5 Å². The molecule has 1 aromatic carbocycles. The van der Waals surface area contributed by atoms with E-state index in [1.165, 1.54) is 24.6 Å². The Kier molecular flexibility index (Phi) is 3.71. The van der Waals surface area contributed by atoms with Crippen LogP contribution in [-0.2, 0) is 10.0 Å². The highest BCUT2D eigenvalue weighted by Gasteiger charge is 2.41. The van der Waals surface area contributed by atoms with E-state index in [-0.39, 0.29) is 16.6 Å². The van der Waals surface area contributed by atoms with Crippen LogP contribution in [0.4, 0.5) is 5.69 Å². The number of hydrogen-bond donors (Lipinski definition) is 0. The molecule has 7 heteroatoms. The van der Waals surface area contributed by atoms with Gasteiger partial charge in [0.1, 0.15) is 0 Å². The first-order valence-corrected chi connectivity index (χ1v) is 8.70. The predicted molar refractivity (Wildman–Crippen MR) is 77.4 cm³/mol. The van der Waals surface area contributed by atoms with Crippen molar-refractivity contribution >= 4 is 15.7 Å². The summed E-state index contributed by atoms with van der Waals surface area (Å²) in [6, 6.07) is 5.42. The molecule has 1 heterocycles. The molecule has 1 aliphatic carbocycles. The van der Waals surface area contributed by atoms with E-state index >= 15 is 0 Å². The summed E-state index contributed by atoms with van der Waals surface area (Å²) < 4.78 is 27.1. The second-order valence-corrected chi connectivity index (χ2v) is 7.66. The van der Waals surface area contributed by atoms with Crippen molar-refractivity contribution in [2.45, 2.75) is 43.0 Å². The summed E-state index contributed by atoms with van der Waals surface area (Å²) in [6.07, 6.45) is 5.12. The van der Waals surface area contributed by atoms with E-state index in [1.807, 2.05) is 0 Å². The lowest BCUT2D eigenvalue weighted by Crippen LogP contribution is -2.42. The minimum Gasteiger partial charge on any atom is -0.258 e. The van der Waals surface area contributed by atoms with Crippen LogP contribution in [0.3, 0.4) is 0 Å². The Labute approximate surface area is 124 Å². The molecule has 2 aliphatic rings. The Hall–Kier alpha value is -1.47. The third-order valence-electron chi connectivity index (χ3n) is 4.58. The second-order valence-electron chi connectivity index (χ2n) is 5.77. The Bertz CT molecular complexity index is 655. The third-order valence-corrected chi connectivity index (χ3v) is 6.50. The number of rotatable bonds is 4. The Morgan fingerprint density at radius 3 is 2.57 bits per heavy atom. The first-order chi connectivity index (χ1) is 10.00. The zero-order valence-electron chi connectivity index (χ0n) is 11.6. The molecular weight excluding hydrogens is 292 g/mol. The molecule has 0 spiro atoms. The number of sulfonamides is 1. The van der Waals surface area contributed by atoms with Gasteiger partial charge in [-0.25, -0.2) is 8.42 Å². The first-order valence-electron chi connectivity index (χ1n) is 7.26. The molecule has 1 aromatic rings. The fourth-order valence-electron chi connectivity index (χ4n) is 3.25. The molecule has 1 saturated carbocycles. The SMILES string of the molecule is O=[N+]([O-])c1cccc(S(=O)(=O)N2CCCC2C2CCC2)c1. The highest BCUT2D eigenvalue weighted by molar-refractivity contribution is 7.89. The predicted octanol–water partition coefficient (Wildman–Crippen LogP) is 2.55. The summed E-state index contributed by atoms with van der Waals surface area (Å²) in [7, 11) is -3.64. The second kappa shape index (κ2) is 5.38. The van der Waals surface area contributed by atoms with E-state index in [1.54, 1.807) is 4.31 Å². The third kappa shape index (κ3) is 2.55. The number of nitrogens with zero attached hydrogens (tertiary/aromatic N) is 2. The zero-order valence-corrected chi connectivity index (χ0v) is 12.5. The van der Waals surface area contributed by atoms with Crippen molar-refractivity contribution in [1.29, 1.82) is 0 Å². The van der Waals surface area contributed by atoms with Gasteiger partial charge in [0.15, 0.2) is 0 Å². The molecule has 0 radical (unpaired) electrons. The lowest BCUT2D eigenvalue weighted by atomic mass is 9.79. The standard InChI is InChI=1S/C14H18N2O4S/c17-16(18)12-6-2-7-13(10-12)21(19,20)15-9-3-8-14(15)11-4-1-5-11/h2,6-7,10-11,14H,1,3-5,8-9H2. The van der Waals surface area contributed by atoms with Crippen molar-refractivity contribution in [2.75, 3.05) is 6.54 Å². The van der Waals surface area contributed by atoms with Gasteiger partial charge in [0.2, 0.25) is 10.0 Å². The number of nitro benzene ring substituents is 1. The molecule has 1 saturated heterocycles. The lowest BCUT2D eigenvalue weighted by Gasteiger charge is -2.36. The Morgan fingerprint density at radius 1 is 1.19 bits per heavy atom. The first kappa shape index (κ1) is 14.5. The van der Waals surface area contributed by atoms with Gasteiger partial charge in [0, 0.05) is 24.7 Å². The highest BCUT2D eigenvalue weighted by Crippen LogP contribution is 2.39. The van der Waals surface area contributed by atoms with Crippen LogP contribution in [0.5, 0.6) is 0 Å². The molecule has 0 aromatic heterocycles. The van der Waals surface area contributed by atoms with Crippen LogP contribution < -0.4 is 0 Å². The van der Waals surface area contributed by atoms with Gasteiger partial charge >= 0.3 is 0 Å². The summed E-state index contributed by atoms with van der Waals surface area (Å²) >= 11 is 0. The molecule has 0 amide bonds. The maximum absolute atomic E-state index is 12.8. The van der Waals surface area contributed by atoms with Crippen molar-refractivity contribution in [3.63, 3.8) is 0 Å². The van der Waals surface area contributed by atoms with Crippen LogP contribution in [0.1, 0.15) is 32.1 Å². The minimum atomic E-state index is -3.64. The fraction of sp³-hybridized carbons (Fsp3) is 0.571. The fourth-order valence-corrected chi connectivity index (χ4v) is 5.05. The normalized spacial score (nSPS) is 23.9. The van der Waals surface area contributed by atoms with Gasteiger partial charge in [0.25, 0.3) is 5.69 Å². The van der Waals surface area contributed by atoms with Crippen LogP contribution in [0, 0.1) is 16.0 Å². The van der Waals surface area contributed by atoms with Crippen LogP contribution in [-0.4, -0.2) is 30.2 Å². The highest BCUT2D eigenvalue weighted by atomic mass is 32.2. The van der Waals surface area contributed by atoms with Crippen LogP contribution in [0.25, 0.3) is 0 Å². The maximum atomic E-state index is 12.8. The van der Waals surface area contributed by atoms with Gasteiger partial charge in [-0.3, -0.25) is 10.1 Å². The van der Waals surface area contributed by atoms with Crippen LogP contribution in [0.2, 0.25) is 0 Å². The van der Waals surface area contributed by atoms with Gasteiger partial charge in [0.05, 0.1) is 9.82 Å². The summed E-state index contributed by atoms with van der Waals surface area (Å²) in [5.41, 5.74) is -0.185. The van der Waals surface area contributed by atoms with Crippen molar-refractivity contribution in [1.82, 2.24) is 4.31 Å². The molecule has 0 N–H and O–H groups in total. The number of non-ortho nitro benzene ring substituents is 1. The van der Waals surface area contributed by atoms with Crippen molar-refractivity contribution < 1.29 is 13.3 Å². The average molecular weight is 310 g/mol. The molecule has 21 heavy (non-hydrogen) atoms. The molecule has 1 unspecified atom stereocenters. The molecule has 0 bridgehead atoms. The van der Waals surface area contributed by atoms with E-state index in [9.17, 15) is 18.5 Å². The number of hydrogen-bond acceptors (Lipinski definition) is 4. The average Bonchev–Trinajstić information content (AvgIpc) is 2.86. The maximum Gasteiger partial charge on any atom is 0.270 e. The quantitative estimate of drug-likeness (QED) is 0.632. The summed E-state index contributed by atoms with van der Waals surface area (Å²) in [6.45, 7) is 0.520. The molecule has 3 rings (SSSR count). The lowest BCUT2D eigenvalue weighted by molar-refractivity contribution is -0.385. The number of nitro groups is 1. The van der Waals surface area contributed by atoms with E-state index < -0.39 is 14.9 Å². The summed E-state index contributed by atoms with van der Waals surface area (Å²) in [5, 5.41) is 10.8. The van der Waals surface area contributed by atoms with Gasteiger partial charge < -0.3 is 0 Å². The Balaban J connectivity index is 1.92. The monoisotopic (exact) mass is 310 g/mol. The molecule has 1 atom stereocenters.